The van der Waals surface area contributed by atoms with E-state index < -0.39 is 39.5 Å². The smallest absolute Gasteiger partial charge is 1.00 e. The van der Waals surface area contributed by atoms with Crippen molar-refractivity contribution in [2.75, 3.05) is 32.5 Å². The Labute approximate surface area is 797 Å². The van der Waals surface area contributed by atoms with Crippen molar-refractivity contribution in [2.45, 2.75) is 110 Å². The molecule has 0 spiro atoms. The molecule has 0 aliphatic heterocycles. The standard InChI is InChI=1S/C14H19FN2O3.C9H11FN2O.C8H10BFINO.C7H5BrFI.C7H5FIN3.C7H7FIN.C7H6FI.C4H8O2.C2H5B2O3.CCl4.CH2Cl2.CH4.ClH.N3.Na/c1-14(2,3)20-13(19)17-8-9-5-6-10(15)7-11(9)12(18)16-4;1-12-9(13)8-4-7(10)3-2-6(8)5-11;1-9(13)12-5-6-2-3-7(10)4-8(6)11;8-4-5-1-2-6(9)3-7(5)10;8-6-2-1-5(4-11-12-10)7(9)3-6;8-6-2-1-5(4-10)7(9)3-6;1-5-2-3-6(8)4-7(5)9;1-3-6-4(2)5;1-3-7-6-2-4-5;2-1(3,4)5;2-1-3;;;1-3-2;/h5-7H,8H2,1-4H3,(H,16,18)(H,17,19);2-4H,5,11H2,1H3,(H,12,13);2-4,12-13H,5H2,1H3;1-3H,4H2;1-3H,4H2;1-3H,4,10H2;2-4H,1H3;3H2,1-2H3;2H2,1H3;;1H2;1H4;1H;;/q;;;;;;;;;;;;;-1;+1. The van der Waals surface area contributed by atoms with Crippen LogP contribution in [0.3, 0.4) is 0 Å². The molecule has 7 rings (SSSR count). The zero-order chi connectivity index (χ0) is 86.4. The number of rotatable bonds is 17. The molecule has 0 saturated carbocycles. The molecule has 0 fully saturated rings. The van der Waals surface area contributed by atoms with Crippen molar-refractivity contribution < 1.29 is 127 Å². The molecule has 46 heteroatoms. The third kappa shape index (κ3) is 73.2. The summed E-state index contributed by atoms with van der Waals surface area (Å²) in [4.78, 5) is 56.8. The molecule has 625 valence electrons. The molecule has 7 aromatic rings. The van der Waals surface area contributed by atoms with Gasteiger partial charge in [-0.05, 0) is 284 Å². The number of hydrogen-bond donors (Lipinski definition) is 7. The molecule has 114 heavy (non-hydrogen) atoms. The molecule has 0 bridgehead atoms. The van der Waals surface area contributed by atoms with E-state index in [2.05, 4.69) is 158 Å². The van der Waals surface area contributed by atoms with Crippen LogP contribution in [0.4, 0.5) is 35.5 Å². The summed E-state index contributed by atoms with van der Waals surface area (Å²) >= 11 is 42.5. The van der Waals surface area contributed by atoms with Gasteiger partial charge in [0.25, 0.3) is 15.1 Å². The molecule has 10 N–H and O–H groups in total. The van der Waals surface area contributed by atoms with Crippen LogP contribution in [0, 0.1) is 65.5 Å². The van der Waals surface area contributed by atoms with Crippen LogP contribution in [0.15, 0.2) is 133 Å². The van der Waals surface area contributed by atoms with Crippen molar-refractivity contribution in [3.8, 4) is 0 Å². The van der Waals surface area contributed by atoms with E-state index in [0.717, 1.165) is 62.6 Å². The second-order valence-electron chi connectivity index (χ2n) is 20.8. The minimum absolute atomic E-state index is 0. The molecule has 3 amide bonds. The molecule has 0 aromatic heterocycles. The number of halogens is 20. The van der Waals surface area contributed by atoms with Gasteiger partial charge in [-0.2, -0.15) is 0 Å². The summed E-state index contributed by atoms with van der Waals surface area (Å²) in [7, 11) is 4.40. The van der Waals surface area contributed by atoms with Gasteiger partial charge in [-0.3, -0.25) is 19.3 Å². The molecule has 22 nitrogen and oxygen atoms in total. The Morgan fingerprint density at radius 3 is 1.31 bits per heavy atom. The van der Waals surface area contributed by atoms with Gasteiger partial charge in [0.05, 0.1) is 24.1 Å². The number of ether oxygens (including phenoxy) is 2. The summed E-state index contributed by atoms with van der Waals surface area (Å²) in [5, 5.41) is 23.6. The number of alkyl halides is 7. The van der Waals surface area contributed by atoms with Crippen LogP contribution in [0.5, 0.6) is 0 Å². The maximum absolute atomic E-state index is 13.2. The van der Waals surface area contributed by atoms with E-state index in [0.29, 0.717) is 44.5 Å². The first-order valence-corrected chi connectivity index (χ1v) is 40.2. The number of carbonyl (C=O) groups excluding carboxylic acids is 4. The predicted molar refractivity (Wildman–Crippen MR) is 481 cm³/mol. The number of alkyl carbamates (subject to hydrolysis) is 1. The fourth-order valence-electron chi connectivity index (χ4n) is 6.55. The van der Waals surface area contributed by atoms with Gasteiger partial charge in [0.1, 0.15) is 52.9 Å². The van der Waals surface area contributed by atoms with E-state index in [9.17, 15) is 54.6 Å². The number of esters is 1. The number of benzene rings is 7. The SMILES string of the molecule is C.CB(O)NCc1ccc(F)cc1I.CCOC(C)=O.CNC(=O)c1cc(F)ccc1CNC(=O)OC(C)(C)C.CNC(=O)c1cc(F)ccc1C[NH3+].C[B]OOCB=O.Cc1ccc(F)cc1I.ClC(Cl)(Cl)Cl.ClCCl.Fc1ccc(CBr)c(I)c1.NCc1ccc(F)cc1I.[Cl-].[N-]=[N+]=NCc1ccc(F)cc1I.[N-]=[N+]=[N-].[Na+]. The van der Waals surface area contributed by atoms with Crippen LogP contribution in [0.1, 0.15) is 102 Å². The molecule has 0 atom stereocenters. The number of carbonyl (C=O) groups is 4. The van der Waals surface area contributed by atoms with Crippen molar-refractivity contribution in [1.29, 1.82) is 0 Å². The first-order chi connectivity index (χ1) is 51.9. The van der Waals surface area contributed by atoms with Gasteiger partial charge in [-0.1, -0.05) is 111 Å². The molecular weight excluding hydrogens is 2300 g/mol. The van der Waals surface area contributed by atoms with Crippen LogP contribution in [0.2, 0.25) is 13.6 Å². The Bertz CT molecular complexity index is 3920. The molecule has 0 aliphatic rings. The molecule has 0 saturated heterocycles. The first-order valence-electron chi connectivity index (χ1n) is 31.1. The predicted octanol–water partition coefficient (Wildman–Crippen LogP) is 14.6. The van der Waals surface area contributed by atoms with Crippen LogP contribution in [-0.4, -0.2) is 92.0 Å². The van der Waals surface area contributed by atoms with Gasteiger partial charge in [0, 0.05) is 79.9 Å². The Kier molecular flexibility index (Phi) is 86.3. The fourth-order valence-corrected chi connectivity index (χ4v) is 10.7. The summed E-state index contributed by atoms with van der Waals surface area (Å²) in [5.74, 6) is -2.86. The third-order valence-electron chi connectivity index (χ3n) is 11.3. The van der Waals surface area contributed by atoms with Crippen molar-refractivity contribution in [3.63, 3.8) is 0 Å². The van der Waals surface area contributed by atoms with Crippen LogP contribution < -0.4 is 74.6 Å². The zero-order valence-corrected chi connectivity index (χ0v) is 82.0. The molecule has 7 aromatic carbocycles. The number of aryl methyl sites for hydroxylation is 1. The second-order valence-corrected chi connectivity index (χ2v) is 31.4. The van der Waals surface area contributed by atoms with E-state index >= 15 is 0 Å². The third-order valence-corrected chi connectivity index (χ3v) is 17.1. The number of nitrogens with zero attached hydrogens (tertiary/aromatic N) is 6. The Morgan fingerprint density at radius 2 is 1.01 bits per heavy atom. The topological polar surface area (TPSA) is 352 Å². The molecule has 0 heterocycles. The number of nitrogens with two attached hydrogens (primary N) is 1. The van der Waals surface area contributed by atoms with Crippen molar-refractivity contribution in [2.24, 2.45) is 10.8 Å². The Balaban J connectivity index is -0.000000184. The summed E-state index contributed by atoms with van der Waals surface area (Å²) in [6.45, 7) is 16.0. The van der Waals surface area contributed by atoms with E-state index in [1.54, 1.807) is 77.7 Å². The van der Waals surface area contributed by atoms with Gasteiger partial charge >= 0.3 is 91.0 Å². The normalized spacial score (nSPS) is 9.26. The number of hydrogen-bond acceptors (Lipinski definition) is 13. The molecule has 0 aliphatic carbocycles. The van der Waals surface area contributed by atoms with Crippen LogP contribution >= 0.6 is 198 Å². The number of azide groups is 1. The first kappa shape index (κ1) is 127. The van der Waals surface area contributed by atoms with Crippen molar-refractivity contribution in [3.05, 3.63) is 262 Å². The summed E-state index contributed by atoms with van der Waals surface area (Å²) in [5.41, 5.74) is 36.9. The van der Waals surface area contributed by atoms with Gasteiger partial charge in [0.15, 0.2) is 0 Å². The largest absolute Gasteiger partial charge is 1.00 e. The maximum Gasteiger partial charge on any atom is 1.00 e. The maximum atomic E-state index is 13.2. The molecular formula is C68H83B3BrCl7F7I5N12NaO10. The number of quaternary nitrogens is 1. The van der Waals surface area contributed by atoms with Crippen molar-refractivity contribution >= 4 is 244 Å². The minimum atomic E-state index is -1.61. The quantitative estimate of drug-likeness (QED) is 0.00382. The Hall–Kier alpha value is -2.74. The average molecular weight is 2380 g/mol. The van der Waals surface area contributed by atoms with Crippen LogP contribution in [-0.2, 0) is 66.7 Å². The monoisotopic (exact) mass is 2370 g/mol. The average Bonchev–Trinajstić information content (AvgIpc) is 0.852. The Morgan fingerprint density at radius 1 is 0.658 bits per heavy atom. The van der Waals surface area contributed by atoms with Gasteiger partial charge in [-0.25, -0.2) is 35.5 Å². The molecule has 1 radical (unpaired) electrons. The summed E-state index contributed by atoms with van der Waals surface area (Å²) in [6, 6.07) is 31.1. The van der Waals surface area contributed by atoms with Crippen LogP contribution in [0.25, 0.3) is 26.4 Å². The number of amides is 3. The van der Waals surface area contributed by atoms with E-state index in [1.165, 1.54) is 118 Å². The van der Waals surface area contributed by atoms with Gasteiger partial charge < -0.3 is 70.6 Å². The fraction of sp³-hybridized carbons (Fsp3) is 0.324. The summed E-state index contributed by atoms with van der Waals surface area (Å²) < 4.78 is 110. The number of nitrogens with one attached hydrogen (secondary N) is 4. The summed E-state index contributed by atoms with van der Waals surface area (Å²) in [6.07, 6.45) is -0.593. The minimum Gasteiger partial charge on any atom is -1.00 e. The zero-order valence-electron chi connectivity index (χ0n) is 62.4. The molecule has 0 unspecified atom stereocenters. The van der Waals surface area contributed by atoms with Crippen molar-refractivity contribution in [1.82, 2.24) is 21.2 Å². The van der Waals surface area contributed by atoms with Gasteiger partial charge in [-0.15, -0.1) is 23.2 Å². The van der Waals surface area contributed by atoms with Gasteiger partial charge in [0.2, 0.25) is 0 Å². The van der Waals surface area contributed by atoms with E-state index in [4.69, 9.17) is 102 Å². The van der Waals surface area contributed by atoms with E-state index in [1.807, 2.05) is 29.5 Å². The second kappa shape index (κ2) is 77.6. The van der Waals surface area contributed by atoms with E-state index in [-0.39, 0.29) is 121 Å².